The van der Waals surface area contributed by atoms with Crippen LogP contribution in [0.5, 0.6) is 0 Å². The molecule has 1 aliphatic rings. The van der Waals surface area contributed by atoms with Gasteiger partial charge in [0.05, 0.1) is 6.07 Å². The molecule has 1 aliphatic heterocycles. The van der Waals surface area contributed by atoms with Crippen LogP contribution in [0.15, 0.2) is 12.1 Å². The molecule has 1 fully saturated rings. The number of hydrogen-bond acceptors (Lipinski definition) is 2. The van der Waals surface area contributed by atoms with Crippen molar-refractivity contribution in [1.29, 1.82) is 5.26 Å². The highest BCUT2D eigenvalue weighted by Gasteiger charge is 2.19. The molecule has 2 heteroatoms. The maximum Gasteiger partial charge on any atom is 0.0656 e. The van der Waals surface area contributed by atoms with E-state index in [2.05, 4.69) is 43.9 Å². The van der Waals surface area contributed by atoms with Crippen LogP contribution in [0.2, 0.25) is 0 Å². The summed E-state index contributed by atoms with van der Waals surface area (Å²) in [5, 5.41) is 8.92. The van der Waals surface area contributed by atoms with Crippen molar-refractivity contribution in [3.05, 3.63) is 34.4 Å². The van der Waals surface area contributed by atoms with Gasteiger partial charge in [0.15, 0.2) is 0 Å². The van der Waals surface area contributed by atoms with Crippen LogP contribution in [-0.2, 0) is 6.54 Å². The Bertz CT molecular complexity index is 439. The summed E-state index contributed by atoms with van der Waals surface area (Å²) in [4.78, 5) is 2.48. The highest BCUT2D eigenvalue weighted by molar-refractivity contribution is 5.37. The lowest BCUT2D eigenvalue weighted by atomic mass is 9.96. The van der Waals surface area contributed by atoms with Crippen molar-refractivity contribution in [1.82, 2.24) is 4.90 Å². The fourth-order valence-electron chi connectivity index (χ4n) is 2.90. The number of aryl methyl sites for hydroxylation is 3. The van der Waals surface area contributed by atoms with Gasteiger partial charge in [-0.3, -0.25) is 4.90 Å². The molecular weight excluding hydrogens is 220 g/mol. The predicted molar refractivity (Wildman–Crippen MR) is 74.3 cm³/mol. The van der Waals surface area contributed by atoms with E-state index in [0.717, 1.165) is 32.5 Å². The minimum Gasteiger partial charge on any atom is -0.299 e. The molecule has 1 saturated heterocycles. The molecule has 18 heavy (non-hydrogen) atoms. The summed E-state index contributed by atoms with van der Waals surface area (Å²) in [6, 6.07) is 6.93. The van der Waals surface area contributed by atoms with Crippen LogP contribution in [-0.4, -0.2) is 18.0 Å². The van der Waals surface area contributed by atoms with Gasteiger partial charge in [-0.2, -0.15) is 5.26 Å². The number of piperidine rings is 1. The number of benzene rings is 1. The Morgan fingerprint density at radius 3 is 2.22 bits per heavy atom. The first-order valence-corrected chi connectivity index (χ1v) is 6.79. The Labute approximate surface area is 110 Å². The third kappa shape index (κ3) is 2.91. The van der Waals surface area contributed by atoms with Gasteiger partial charge in [-0.25, -0.2) is 0 Å². The highest BCUT2D eigenvalue weighted by atomic mass is 15.1. The van der Waals surface area contributed by atoms with Gasteiger partial charge in [0, 0.05) is 12.5 Å². The monoisotopic (exact) mass is 242 g/mol. The topological polar surface area (TPSA) is 27.0 Å². The second-order valence-corrected chi connectivity index (χ2v) is 5.56. The molecule has 0 spiro atoms. The van der Waals surface area contributed by atoms with E-state index in [9.17, 15) is 0 Å². The van der Waals surface area contributed by atoms with E-state index in [1.807, 2.05) is 0 Å². The standard InChI is InChI=1S/C16H22N2/c1-12-8-13(2)16(14(3)9-12)11-18-6-4-15(10-17)5-7-18/h8-9,15H,4-7,11H2,1-3H3. The van der Waals surface area contributed by atoms with E-state index in [0.29, 0.717) is 0 Å². The second kappa shape index (κ2) is 5.54. The first-order chi connectivity index (χ1) is 8.60. The van der Waals surface area contributed by atoms with Crippen LogP contribution >= 0.6 is 0 Å². The molecule has 0 saturated carbocycles. The van der Waals surface area contributed by atoms with E-state index in [1.165, 1.54) is 22.3 Å². The molecule has 0 aliphatic carbocycles. The fraction of sp³-hybridized carbons (Fsp3) is 0.562. The lowest BCUT2D eigenvalue weighted by molar-refractivity contribution is 0.197. The fourth-order valence-corrected chi connectivity index (χ4v) is 2.90. The van der Waals surface area contributed by atoms with Crippen LogP contribution in [0.25, 0.3) is 0 Å². The van der Waals surface area contributed by atoms with E-state index in [1.54, 1.807) is 0 Å². The molecule has 1 aromatic rings. The van der Waals surface area contributed by atoms with Crippen molar-refractivity contribution in [2.24, 2.45) is 5.92 Å². The molecule has 0 N–H and O–H groups in total. The maximum absolute atomic E-state index is 8.92. The summed E-state index contributed by atoms with van der Waals surface area (Å²) < 4.78 is 0. The lowest BCUT2D eigenvalue weighted by Crippen LogP contribution is -2.33. The smallest absolute Gasteiger partial charge is 0.0656 e. The normalized spacial score (nSPS) is 17.7. The highest BCUT2D eigenvalue weighted by Crippen LogP contribution is 2.22. The van der Waals surface area contributed by atoms with Gasteiger partial charge < -0.3 is 0 Å². The van der Waals surface area contributed by atoms with Crippen LogP contribution in [0, 0.1) is 38.0 Å². The van der Waals surface area contributed by atoms with Crippen molar-refractivity contribution < 1.29 is 0 Å². The van der Waals surface area contributed by atoms with Crippen molar-refractivity contribution in [3.8, 4) is 6.07 Å². The molecule has 0 unspecified atom stereocenters. The van der Waals surface area contributed by atoms with E-state index in [4.69, 9.17) is 5.26 Å². The van der Waals surface area contributed by atoms with Gasteiger partial charge in [-0.1, -0.05) is 17.7 Å². The van der Waals surface area contributed by atoms with Crippen LogP contribution in [0.4, 0.5) is 0 Å². The molecule has 1 aromatic carbocycles. The van der Waals surface area contributed by atoms with Crippen LogP contribution < -0.4 is 0 Å². The molecule has 2 rings (SSSR count). The van der Waals surface area contributed by atoms with Crippen molar-refractivity contribution in [2.45, 2.75) is 40.2 Å². The predicted octanol–water partition coefficient (Wildman–Crippen LogP) is 3.35. The van der Waals surface area contributed by atoms with Crippen LogP contribution in [0.3, 0.4) is 0 Å². The van der Waals surface area contributed by atoms with E-state index >= 15 is 0 Å². The molecule has 0 atom stereocenters. The summed E-state index contributed by atoms with van der Waals surface area (Å²) in [5.41, 5.74) is 5.61. The number of rotatable bonds is 2. The third-order valence-corrected chi connectivity index (χ3v) is 3.99. The summed E-state index contributed by atoms with van der Waals surface area (Å²) in [6.45, 7) is 9.73. The zero-order valence-corrected chi connectivity index (χ0v) is 11.7. The SMILES string of the molecule is Cc1cc(C)c(CN2CCC(C#N)CC2)c(C)c1. The van der Waals surface area contributed by atoms with Gasteiger partial charge in [-0.15, -0.1) is 0 Å². The molecule has 1 heterocycles. The Balaban J connectivity index is 2.05. The summed E-state index contributed by atoms with van der Waals surface area (Å²) in [6.07, 6.45) is 2.06. The second-order valence-electron chi connectivity index (χ2n) is 5.56. The molecule has 96 valence electrons. The van der Waals surface area contributed by atoms with Gasteiger partial charge in [0.2, 0.25) is 0 Å². The first-order valence-electron chi connectivity index (χ1n) is 6.79. The lowest BCUT2D eigenvalue weighted by Gasteiger charge is -2.30. The van der Waals surface area contributed by atoms with Crippen molar-refractivity contribution in [2.75, 3.05) is 13.1 Å². The average molecular weight is 242 g/mol. The number of nitrogens with zero attached hydrogens (tertiary/aromatic N) is 2. The zero-order chi connectivity index (χ0) is 13.1. The minimum atomic E-state index is 0.279. The number of likely N-dealkylation sites (tertiary alicyclic amines) is 1. The number of hydrogen-bond donors (Lipinski definition) is 0. The van der Waals surface area contributed by atoms with Gasteiger partial charge in [0.1, 0.15) is 0 Å². The molecule has 0 radical (unpaired) electrons. The van der Waals surface area contributed by atoms with Gasteiger partial charge in [-0.05, 0) is 63.4 Å². The Hall–Kier alpha value is -1.33. The largest absolute Gasteiger partial charge is 0.299 e. The quantitative estimate of drug-likeness (QED) is 0.795. The summed E-state index contributed by atoms with van der Waals surface area (Å²) in [5.74, 6) is 0.279. The van der Waals surface area contributed by atoms with Crippen molar-refractivity contribution in [3.63, 3.8) is 0 Å². The maximum atomic E-state index is 8.92. The van der Waals surface area contributed by atoms with E-state index in [-0.39, 0.29) is 5.92 Å². The Morgan fingerprint density at radius 2 is 1.72 bits per heavy atom. The van der Waals surface area contributed by atoms with E-state index < -0.39 is 0 Å². The van der Waals surface area contributed by atoms with Gasteiger partial charge >= 0.3 is 0 Å². The zero-order valence-electron chi connectivity index (χ0n) is 11.7. The Kier molecular flexibility index (Phi) is 4.04. The van der Waals surface area contributed by atoms with Crippen molar-refractivity contribution >= 4 is 0 Å². The van der Waals surface area contributed by atoms with Crippen LogP contribution in [0.1, 0.15) is 35.1 Å². The molecule has 0 aromatic heterocycles. The summed E-state index contributed by atoms with van der Waals surface area (Å²) >= 11 is 0. The molecule has 0 amide bonds. The van der Waals surface area contributed by atoms with Gasteiger partial charge in [0.25, 0.3) is 0 Å². The third-order valence-electron chi connectivity index (χ3n) is 3.99. The molecule has 2 nitrogen and oxygen atoms in total. The number of nitriles is 1. The molecular formula is C16H22N2. The average Bonchev–Trinajstić information content (AvgIpc) is 2.34. The minimum absolute atomic E-state index is 0.279. The first kappa shape index (κ1) is 13.1. The summed E-state index contributed by atoms with van der Waals surface area (Å²) in [7, 11) is 0. The molecule has 0 bridgehead atoms. The Morgan fingerprint density at radius 1 is 1.17 bits per heavy atom.